The maximum absolute atomic E-state index is 12.8. The summed E-state index contributed by atoms with van der Waals surface area (Å²) in [6.45, 7) is -0.449. The van der Waals surface area contributed by atoms with E-state index in [4.69, 9.17) is 9.15 Å². The Morgan fingerprint density at radius 3 is 2.53 bits per heavy atom. The molecule has 1 saturated carbocycles. The summed E-state index contributed by atoms with van der Waals surface area (Å²) in [4.78, 5) is 25.1. The smallest absolute Gasteiger partial charge is 0.375 e. The van der Waals surface area contributed by atoms with E-state index in [0.29, 0.717) is 24.2 Å². The summed E-state index contributed by atoms with van der Waals surface area (Å²) in [5.41, 5.74) is 1.72. The first-order chi connectivity index (χ1) is 15.6. The predicted octanol–water partition coefficient (Wildman–Crippen LogP) is 4.98. The lowest BCUT2D eigenvalue weighted by atomic mass is 10.00. The second-order valence-electron chi connectivity index (χ2n) is 7.91. The molecule has 2 aromatic carbocycles. The van der Waals surface area contributed by atoms with Gasteiger partial charge in [0.05, 0.1) is 6.07 Å². The van der Waals surface area contributed by atoms with Crippen LogP contribution in [0, 0.1) is 11.3 Å². The molecule has 7 heteroatoms. The molecule has 1 aliphatic rings. The van der Waals surface area contributed by atoms with Gasteiger partial charge in [0.1, 0.15) is 11.1 Å². The molecule has 6 nitrogen and oxygen atoms in total. The Morgan fingerprint density at radius 1 is 1.06 bits per heavy atom. The van der Waals surface area contributed by atoms with Crippen LogP contribution in [0.2, 0.25) is 0 Å². The molecular formula is C25H24N2O4S. The van der Waals surface area contributed by atoms with Crippen molar-refractivity contribution in [2.24, 2.45) is 0 Å². The zero-order chi connectivity index (χ0) is 22.4. The Labute approximate surface area is 190 Å². The zero-order valence-corrected chi connectivity index (χ0v) is 18.5. The lowest BCUT2D eigenvalue weighted by Gasteiger charge is -2.21. The molecule has 3 aromatic rings. The Balaban J connectivity index is 1.43. The lowest BCUT2D eigenvalue weighted by molar-refractivity contribution is -0.125. The van der Waals surface area contributed by atoms with Crippen molar-refractivity contribution in [1.82, 2.24) is 5.32 Å². The third kappa shape index (κ3) is 4.97. The number of ether oxygens (including phenoxy) is 1. The van der Waals surface area contributed by atoms with Gasteiger partial charge in [-0.25, -0.2) is 4.79 Å². The molecule has 4 rings (SSSR count). The van der Waals surface area contributed by atoms with Crippen molar-refractivity contribution < 1.29 is 18.7 Å². The van der Waals surface area contributed by atoms with E-state index in [2.05, 4.69) is 23.5 Å². The van der Waals surface area contributed by atoms with E-state index in [1.165, 1.54) is 5.56 Å². The summed E-state index contributed by atoms with van der Waals surface area (Å²) in [6.07, 6.45) is 3.04. The highest BCUT2D eigenvalue weighted by Gasteiger charge is 2.35. The van der Waals surface area contributed by atoms with Gasteiger partial charge in [-0.2, -0.15) is 17.0 Å². The summed E-state index contributed by atoms with van der Waals surface area (Å²) >= 11 is 1.68. The number of carbonyl (C=O) groups is 2. The van der Waals surface area contributed by atoms with Crippen LogP contribution in [0.25, 0.3) is 11.0 Å². The number of benzene rings is 2. The molecule has 0 spiro atoms. The summed E-state index contributed by atoms with van der Waals surface area (Å²) < 4.78 is 11.1. The fourth-order valence-electron chi connectivity index (χ4n) is 4.00. The molecule has 1 amide bonds. The number of thioether (sulfide) groups is 1. The summed E-state index contributed by atoms with van der Waals surface area (Å²) in [5, 5.41) is 13.0. The first kappa shape index (κ1) is 22.0. The van der Waals surface area contributed by atoms with Gasteiger partial charge in [0.15, 0.2) is 6.61 Å². The Hall–Kier alpha value is -3.24. The molecule has 0 atom stereocenters. The molecular weight excluding hydrogens is 424 g/mol. The standard InChI is InChI=1S/C25H24N2O4S/c26-17-25(12-6-7-13-25)27-22(28)14-30-24(29)23-20(19-10-4-5-11-21(19)31-23)16-32-15-18-8-2-1-3-9-18/h1-5,8-11H,6-7,12-16H2,(H,27,28). The molecule has 0 saturated heterocycles. The highest BCUT2D eigenvalue weighted by molar-refractivity contribution is 7.97. The van der Waals surface area contributed by atoms with Gasteiger partial charge >= 0.3 is 5.97 Å². The highest BCUT2D eigenvalue weighted by atomic mass is 32.2. The van der Waals surface area contributed by atoms with E-state index in [1.807, 2.05) is 36.4 Å². The van der Waals surface area contributed by atoms with Crippen LogP contribution in [-0.4, -0.2) is 24.0 Å². The van der Waals surface area contributed by atoms with Crippen molar-refractivity contribution in [3.8, 4) is 6.07 Å². The van der Waals surface area contributed by atoms with Crippen molar-refractivity contribution in [2.45, 2.75) is 42.7 Å². The van der Waals surface area contributed by atoms with E-state index < -0.39 is 24.0 Å². The van der Waals surface area contributed by atoms with E-state index in [-0.39, 0.29) is 5.76 Å². The van der Waals surface area contributed by atoms with Gasteiger partial charge in [-0.3, -0.25) is 4.79 Å². The van der Waals surface area contributed by atoms with Crippen molar-refractivity contribution in [3.05, 3.63) is 71.5 Å². The predicted molar refractivity (Wildman–Crippen MR) is 123 cm³/mol. The van der Waals surface area contributed by atoms with Crippen LogP contribution in [0.15, 0.2) is 59.0 Å². The molecule has 0 bridgehead atoms. The maximum atomic E-state index is 12.8. The topological polar surface area (TPSA) is 92.3 Å². The van der Waals surface area contributed by atoms with Crippen LogP contribution in [-0.2, 0) is 21.0 Å². The van der Waals surface area contributed by atoms with Crippen LogP contribution in [0.4, 0.5) is 0 Å². The number of furan rings is 1. The number of esters is 1. The average Bonchev–Trinajstić information content (AvgIpc) is 3.44. The summed E-state index contributed by atoms with van der Waals surface area (Å²) in [6, 6.07) is 19.8. The second kappa shape index (κ2) is 9.92. The van der Waals surface area contributed by atoms with Crippen LogP contribution in [0.1, 0.15) is 47.4 Å². The van der Waals surface area contributed by atoms with Crippen LogP contribution >= 0.6 is 11.8 Å². The fourth-order valence-corrected chi connectivity index (χ4v) is 5.02. The second-order valence-corrected chi connectivity index (χ2v) is 8.90. The van der Waals surface area contributed by atoms with Crippen LogP contribution in [0.5, 0.6) is 0 Å². The third-order valence-corrected chi connectivity index (χ3v) is 6.66. The van der Waals surface area contributed by atoms with Crippen molar-refractivity contribution in [3.63, 3.8) is 0 Å². The van der Waals surface area contributed by atoms with Gasteiger partial charge in [-0.05, 0) is 37.3 Å². The van der Waals surface area contributed by atoms with Crippen molar-refractivity contribution in [1.29, 1.82) is 5.26 Å². The minimum atomic E-state index is -0.845. The van der Waals surface area contributed by atoms with Gasteiger partial charge in [0.25, 0.3) is 5.91 Å². The van der Waals surface area contributed by atoms with Gasteiger partial charge in [0.2, 0.25) is 5.76 Å². The monoisotopic (exact) mass is 448 g/mol. The molecule has 1 aliphatic carbocycles. The van der Waals surface area contributed by atoms with Gasteiger partial charge in [-0.15, -0.1) is 0 Å². The average molecular weight is 449 g/mol. The summed E-state index contributed by atoms with van der Waals surface area (Å²) in [7, 11) is 0. The van der Waals surface area contributed by atoms with E-state index in [1.54, 1.807) is 17.8 Å². The number of fused-ring (bicyclic) bond motifs is 1. The zero-order valence-electron chi connectivity index (χ0n) is 17.6. The van der Waals surface area contributed by atoms with E-state index in [9.17, 15) is 14.9 Å². The maximum Gasteiger partial charge on any atom is 0.375 e. The quantitative estimate of drug-likeness (QED) is 0.489. The Morgan fingerprint density at radius 2 is 1.78 bits per heavy atom. The van der Waals surface area contributed by atoms with Crippen molar-refractivity contribution in [2.75, 3.05) is 6.61 Å². The highest BCUT2D eigenvalue weighted by Crippen LogP contribution is 2.31. The number of nitrogens with one attached hydrogen (secondary N) is 1. The minimum absolute atomic E-state index is 0.121. The van der Waals surface area contributed by atoms with Gasteiger partial charge in [0, 0.05) is 22.5 Å². The number of para-hydroxylation sites is 1. The SMILES string of the molecule is N#CC1(NC(=O)COC(=O)c2oc3ccccc3c2CSCc2ccccc2)CCCC1. The Kier molecular flexibility index (Phi) is 6.81. The van der Waals surface area contributed by atoms with E-state index in [0.717, 1.165) is 29.5 Å². The van der Waals surface area contributed by atoms with Crippen LogP contribution < -0.4 is 5.32 Å². The number of amides is 1. The molecule has 1 fully saturated rings. The number of nitriles is 1. The summed E-state index contributed by atoms with van der Waals surface area (Å²) in [5.74, 6) is 0.338. The molecule has 0 radical (unpaired) electrons. The molecule has 1 N–H and O–H groups in total. The van der Waals surface area contributed by atoms with Crippen LogP contribution in [0.3, 0.4) is 0 Å². The number of hydrogen-bond acceptors (Lipinski definition) is 6. The molecule has 1 aromatic heterocycles. The van der Waals surface area contributed by atoms with Gasteiger partial charge in [-0.1, -0.05) is 48.5 Å². The number of carbonyl (C=O) groups excluding carboxylic acids is 2. The number of rotatable bonds is 8. The fraction of sp³-hybridized carbons (Fsp3) is 0.320. The third-order valence-electron chi connectivity index (χ3n) is 5.63. The first-order valence-electron chi connectivity index (χ1n) is 10.6. The molecule has 1 heterocycles. The number of nitrogens with zero attached hydrogens (tertiary/aromatic N) is 1. The largest absolute Gasteiger partial charge is 0.450 e. The minimum Gasteiger partial charge on any atom is -0.450 e. The van der Waals surface area contributed by atoms with E-state index >= 15 is 0 Å². The normalized spacial score (nSPS) is 14.7. The molecule has 32 heavy (non-hydrogen) atoms. The Bertz CT molecular complexity index is 1140. The molecule has 0 aliphatic heterocycles. The number of hydrogen-bond donors (Lipinski definition) is 1. The molecule has 0 unspecified atom stereocenters. The lowest BCUT2D eigenvalue weighted by Crippen LogP contribution is -2.46. The van der Waals surface area contributed by atoms with Gasteiger partial charge < -0.3 is 14.5 Å². The first-order valence-corrected chi connectivity index (χ1v) is 11.8. The molecule has 164 valence electrons. The van der Waals surface area contributed by atoms with Crippen molar-refractivity contribution >= 4 is 34.6 Å².